The van der Waals surface area contributed by atoms with Crippen LogP contribution in [0.15, 0.2) is 54.6 Å². The van der Waals surface area contributed by atoms with E-state index in [0.717, 1.165) is 16.7 Å². The number of carbonyl (C=O) groups is 4. The second-order valence-corrected chi connectivity index (χ2v) is 8.96. The summed E-state index contributed by atoms with van der Waals surface area (Å²) in [5.74, 6) is -2.72. The van der Waals surface area contributed by atoms with E-state index >= 15 is 0 Å². The van der Waals surface area contributed by atoms with E-state index in [0.29, 0.717) is 6.42 Å². The van der Waals surface area contributed by atoms with Crippen LogP contribution in [-0.2, 0) is 25.5 Å². The minimum Gasteiger partial charge on any atom is -0.444 e. The van der Waals surface area contributed by atoms with Gasteiger partial charge in [-0.1, -0.05) is 50.8 Å². The molecule has 0 saturated heterocycles. The van der Waals surface area contributed by atoms with Gasteiger partial charge in [-0.2, -0.15) is 0 Å². The number of aliphatic hydroxyl groups is 1. The summed E-state index contributed by atoms with van der Waals surface area (Å²) in [5.41, 5.74) is 6.66. The van der Waals surface area contributed by atoms with Crippen LogP contribution in [0.3, 0.4) is 0 Å². The molecule has 1 heterocycles. The molecule has 0 aromatic heterocycles. The van der Waals surface area contributed by atoms with Crippen molar-refractivity contribution in [2.45, 2.75) is 57.7 Å². The van der Waals surface area contributed by atoms with Crippen molar-refractivity contribution in [3.63, 3.8) is 0 Å². The van der Waals surface area contributed by atoms with E-state index in [4.69, 9.17) is 10.5 Å². The highest BCUT2D eigenvalue weighted by Gasteiger charge is 2.29. The number of benzene rings is 1. The maximum absolute atomic E-state index is 13.6. The van der Waals surface area contributed by atoms with Gasteiger partial charge in [0.2, 0.25) is 0 Å². The van der Waals surface area contributed by atoms with Crippen LogP contribution in [0, 0.1) is 5.92 Å². The van der Waals surface area contributed by atoms with Gasteiger partial charge < -0.3 is 26.2 Å². The van der Waals surface area contributed by atoms with Gasteiger partial charge in [-0.25, -0.2) is 9.18 Å². The van der Waals surface area contributed by atoms with Gasteiger partial charge in [-0.05, 0) is 24.3 Å². The molecule has 10 nitrogen and oxygen atoms in total. The van der Waals surface area contributed by atoms with Crippen LogP contribution in [0.2, 0.25) is 0 Å². The van der Waals surface area contributed by atoms with Crippen molar-refractivity contribution in [2.75, 3.05) is 6.73 Å². The maximum Gasteiger partial charge on any atom is 0.328 e. The lowest BCUT2D eigenvalue weighted by Crippen LogP contribution is -2.52. The van der Waals surface area contributed by atoms with Crippen LogP contribution in [0.1, 0.15) is 38.7 Å². The Morgan fingerprint density at radius 3 is 2.53 bits per heavy atom. The van der Waals surface area contributed by atoms with Crippen LogP contribution < -0.4 is 16.4 Å². The van der Waals surface area contributed by atoms with E-state index in [-0.39, 0.29) is 30.9 Å². The average Bonchev–Trinajstić information content (AvgIpc) is 2.83. The molecule has 2 rings (SSSR count). The number of hydrogen-bond acceptors (Lipinski definition) is 7. The Bertz CT molecular complexity index is 998. The number of nitrogens with one attached hydrogen (secondary N) is 2. The topological polar surface area (TPSA) is 151 Å². The van der Waals surface area contributed by atoms with Crippen molar-refractivity contribution < 1.29 is 33.4 Å². The van der Waals surface area contributed by atoms with Crippen LogP contribution in [0.5, 0.6) is 0 Å². The lowest BCUT2D eigenvalue weighted by molar-refractivity contribution is -0.147. The summed E-state index contributed by atoms with van der Waals surface area (Å²) in [6.45, 7) is 6.50. The number of amides is 3. The van der Waals surface area contributed by atoms with Gasteiger partial charge >= 0.3 is 12.0 Å². The van der Waals surface area contributed by atoms with Gasteiger partial charge in [0.05, 0.1) is 24.4 Å². The molecule has 1 aliphatic rings. The lowest BCUT2D eigenvalue weighted by Gasteiger charge is -2.24. The van der Waals surface area contributed by atoms with Gasteiger partial charge in [0.1, 0.15) is 6.10 Å². The third-order valence-corrected chi connectivity index (χ3v) is 5.42. The minimum absolute atomic E-state index is 0.0374. The van der Waals surface area contributed by atoms with E-state index < -0.39 is 54.4 Å². The molecule has 0 bridgehead atoms. The highest BCUT2D eigenvalue weighted by molar-refractivity contribution is 5.92. The van der Waals surface area contributed by atoms with Crippen LogP contribution in [-0.4, -0.2) is 58.6 Å². The molecule has 0 unspecified atom stereocenters. The molecule has 1 aliphatic heterocycles. The Hall–Kier alpha value is -3.57. The molecule has 0 radical (unpaired) electrons. The number of aliphatic hydroxyl groups excluding tert-OH is 1. The smallest absolute Gasteiger partial charge is 0.328 e. The first kappa shape index (κ1) is 28.7. The number of ketones is 1. The lowest BCUT2D eigenvalue weighted by atomic mass is 9.96. The van der Waals surface area contributed by atoms with Crippen molar-refractivity contribution in [3.05, 3.63) is 60.2 Å². The Morgan fingerprint density at radius 1 is 1.22 bits per heavy atom. The van der Waals surface area contributed by atoms with E-state index in [1.807, 2.05) is 44.2 Å². The zero-order valence-electron chi connectivity index (χ0n) is 20.4. The molecule has 3 atom stereocenters. The second kappa shape index (κ2) is 13.5. The fourth-order valence-electron chi connectivity index (χ4n) is 3.43. The number of nitrogens with two attached hydrogens (primary N) is 1. The SMILES string of the molecule is C=C1NC(=O)N(COC(=O)CCC(=O)[C@H](CC(C)C)NC(=O)[C@@H](O)[C@H](N)Cc2ccccc2)C=C1F. The number of halogens is 1. The first-order valence-corrected chi connectivity index (χ1v) is 11.6. The number of carbonyl (C=O) groups excluding carboxylic acids is 4. The number of nitrogens with zero attached hydrogens (tertiary/aromatic N) is 1. The summed E-state index contributed by atoms with van der Waals surface area (Å²) in [4.78, 5) is 50.0. The summed E-state index contributed by atoms with van der Waals surface area (Å²) in [6, 6.07) is 6.63. The third-order valence-electron chi connectivity index (χ3n) is 5.42. The highest BCUT2D eigenvalue weighted by atomic mass is 19.1. The maximum atomic E-state index is 13.6. The molecule has 1 aromatic carbocycles. The molecule has 5 N–H and O–H groups in total. The van der Waals surface area contributed by atoms with Crippen LogP contribution in [0.4, 0.5) is 9.18 Å². The number of esters is 1. The standard InChI is InChI=1S/C25H33FN4O6/c1-15(2)11-20(29-24(34)23(33)19(27)12-17-7-5-4-6-8-17)21(31)9-10-22(32)36-14-30-13-18(26)16(3)28-25(30)35/h4-8,13,15,19-20,23,33H,3,9-12,14,27H2,1-2H3,(H,28,35)(H,29,34)/t19-,20+,23+/m1/s1. The van der Waals surface area contributed by atoms with Crippen LogP contribution in [0.25, 0.3) is 0 Å². The fraction of sp³-hybridized carbons (Fsp3) is 0.440. The van der Waals surface area contributed by atoms with Gasteiger partial charge in [0, 0.05) is 12.5 Å². The second-order valence-electron chi connectivity index (χ2n) is 8.96. The molecule has 0 aliphatic carbocycles. The number of hydrogen-bond donors (Lipinski definition) is 4. The van der Waals surface area contributed by atoms with E-state index in [2.05, 4.69) is 17.2 Å². The number of Topliss-reactive ketones (excluding diaryl/α,β-unsaturated/α-hetero) is 1. The molecule has 0 fully saturated rings. The molecule has 11 heteroatoms. The number of allylic oxidation sites excluding steroid dienone is 1. The number of urea groups is 1. The fourth-order valence-corrected chi connectivity index (χ4v) is 3.43. The predicted molar refractivity (Wildman–Crippen MR) is 129 cm³/mol. The van der Waals surface area contributed by atoms with Crippen molar-refractivity contribution in [2.24, 2.45) is 11.7 Å². The Kier molecular flexibility index (Phi) is 10.8. The van der Waals surface area contributed by atoms with Gasteiger partial charge in [0.15, 0.2) is 18.3 Å². The highest BCUT2D eigenvalue weighted by Crippen LogP contribution is 2.15. The van der Waals surface area contributed by atoms with Gasteiger partial charge in [-0.15, -0.1) is 0 Å². The van der Waals surface area contributed by atoms with Crippen molar-refractivity contribution in [3.8, 4) is 0 Å². The van der Waals surface area contributed by atoms with Crippen molar-refractivity contribution in [1.82, 2.24) is 15.5 Å². The summed E-state index contributed by atoms with van der Waals surface area (Å²) in [6.07, 6.45) is -0.669. The first-order valence-electron chi connectivity index (χ1n) is 11.6. The van der Waals surface area contributed by atoms with Crippen LogP contribution >= 0.6 is 0 Å². The normalized spacial score (nSPS) is 16.1. The number of rotatable bonds is 13. The molecule has 0 saturated carbocycles. The molecular formula is C25H33FN4O6. The first-order chi connectivity index (χ1) is 17.0. The molecular weight excluding hydrogens is 471 g/mol. The quantitative estimate of drug-likeness (QED) is 0.298. The summed E-state index contributed by atoms with van der Waals surface area (Å²) in [7, 11) is 0. The molecule has 3 amide bonds. The minimum atomic E-state index is -1.53. The monoisotopic (exact) mass is 504 g/mol. The van der Waals surface area contributed by atoms with Crippen molar-refractivity contribution in [1.29, 1.82) is 0 Å². The van der Waals surface area contributed by atoms with E-state index in [9.17, 15) is 28.7 Å². The third kappa shape index (κ3) is 8.90. The Balaban J connectivity index is 1.87. The van der Waals surface area contributed by atoms with E-state index in [1.54, 1.807) is 0 Å². The predicted octanol–water partition coefficient (Wildman–Crippen LogP) is 1.65. The van der Waals surface area contributed by atoms with E-state index in [1.165, 1.54) is 0 Å². The largest absolute Gasteiger partial charge is 0.444 e. The summed E-state index contributed by atoms with van der Waals surface area (Å²) < 4.78 is 18.5. The zero-order chi connectivity index (χ0) is 26.8. The number of ether oxygens (including phenoxy) is 1. The van der Waals surface area contributed by atoms with Gasteiger partial charge in [-0.3, -0.25) is 19.3 Å². The molecule has 1 aromatic rings. The Labute approximate surface area is 209 Å². The molecule has 196 valence electrons. The average molecular weight is 505 g/mol. The molecule has 36 heavy (non-hydrogen) atoms. The van der Waals surface area contributed by atoms with Gasteiger partial charge in [0.25, 0.3) is 5.91 Å². The Morgan fingerprint density at radius 2 is 1.89 bits per heavy atom. The summed E-state index contributed by atoms with van der Waals surface area (Å²) >= 11 is 0. The molecule has 0 spiro atoms. The zero-order valence-corrected chi connectivity index (χ0v) is 20.4. The summed E-state index contributed by atoms with van der Waals surface area (Å²) in [5, 5.41) is 15.1. The van der Waals surface area contributed by atoms with Crippen molar-refractivity contribution >= 4 is 23.7 Å².